The van der Waals surface area contributed by atoms with Crippen molar-refractivity contribution in [1.82, 2.24) is 15.2 Å². The van der Waals surface area contributed by atoms with Crippen molar-refractivity contribution in [3.63, 3.8) is 0 Å². The fraction of sp³-hybridized carbons (Fsp3) is 0.440. The van der Waals surface area contributed by atoms with E-state index in [4.69, 9.17) is 21.3 Å². The van der Waals surface area contributed by atoms with E-state index in [2.05, 4.69) is 15.2 Å². The molecule has 12 heteroatoms. The number of aliphatic imine (C=N–C) groups is 1. The van der Waals surface area contributed by atoms with Crippen molar-refractivity contribution in [3.05, 3.63) is 62.5 Å². The van der Waals surface area contributed by atoms with E-state index < -0.39 is 23.8 Å². The van der Waals surface area contributed by atoms with Crippen LogP contribution in [0.25, 0.3) is 0 Å². The summed E-state index contributed by atoms with van der Waals surface area (Å²) in [6, 6.07) is 3.61. The van der Waals surface area contributed by atoms with Gasteiger partial charge in [-0.25, -0.2) is 14.2 Å². The Morgan fingerprint density at radius 3 is 2.68 bits per heavy atom. The van der Waals surface area contributed by atoms with Crippen LogP contribution in [0.1, 0.15) is 35.9 Å². The summed E-state index contributed by atoms with van der Waals surface area (Å²) in [7, 11) is 1.32. The Kier molecular flexibility index (Phi) is 7.85. The quantitative estimate of drug-likeness (QED) is 0.484. The summed E-state index contributed by atoms with van der Waals surface area (Å²) >= 11 is 9.74. The van der Waals surface area contributed by atoms with Gasteiger partial charge in [0.05, 0.1) is 12.7 Å². The van der Waals surface area contributed by atoms with Gasteiger partial charge in [-0.15, -0.1) is 11.3 Å². The maximum Gasteiger partial charge on any atom is 0.338 e. The first kappa shape index (κ1) is 26.1. The number of methoxy groups -OCH3 is 1. The number of nitrogens with zero attached hydrogens (tertiary/aromatic N) is 3. The van der Waals surface area contributed by atoms with Crippen molar-refractivity contribution in [1.29, 1.82) is 0 Å². The second-order valence-corrected chi connectivity index (χ2v) is 11.7. The molecule has 0 radical (unpaired) electrons. The summed E-state index contributed by atoms with van der Waals surface area (Å²) in [4.78, 5) is 36.1. The minimum absolute atomic E-state index is 0.135. The average molecular weight is 565 g/mol. The maximum absolute atomic E-state index is 13.9. The lowest BCUT2D eigenvalue weighted by Gasteiger charge is -2.49. The lowest BCUT2D eigenvalue weighted by molar-refractivity contribution is -0.139. The van der Waals surface area contributed by atoms with Crippen LogP contribution < -0.4 is 5.32 Å². The molecule has 2 bridgehead atoms. The van der Waals surface area contributed by atoms with Gasteiger partial charge in [-0.1, -0.05) is 17.7 Å². The Morgan fingerprint density at radius 1 is 1.30 bits per heavy atom. The van der Waals surface area contributed by atoms with Crippen LogP contribution in [0, 0.1) is 11.7 Å². The molecule has 0 saturated carbocycles. The number of benzene rings is 1. The molecule has 2 saturated heterocycles. The van der Waals surface area contributed by atoms with E-state index in [1.807, 2.05) is 17.1 Å². The van der Waals surface area contributed by atoms with E-state index in [1.54, 1.807) is 12.3 Å². The third-order valence-electron chi connectivity index (χ3n) is 7.00. The van der Waals surface area contributed by atoms with Gasteiger partial charge < -0.3 is 15.2 Å². The molecule has 1 aromatic carbocycles. The van der Waals surface area contributed by atoms with Crippen LogP contribution in [0.5, 0.6) is 0 Å². The zero-order chi connectivity index (χ0) is 26.1. The van der Waals surface area contributed by atoms with Crippen molar-refractivity contribution < 1.29 is 23.8 Å². The van der Waals surface area contributed by atoms with Crippen molar-refractivity contribution in [3.8, 4) is 0 Å². The highest BCUT2D eigenvalue weighted by Gasteiger charge is 2.41. The van der Waals surface area contributed by atoms with Crippen molar-refractivity contribution in [2.75, 3.05) is 25.2 Å². The number of fused-ring (bicyclic) bond motifs is 2. The lowest BCUT2D eigenvalue weighted by Crippen LogP contribution is -2.56. The van der Waals surface area contributed by atoms with Gasteiger partial charge in [0.15, 0.2) is 10.8 Å². The smallest absolute Gasteiger partial charge is 0.338 e. The van der Waals surface area contributed by atoms with E-state index in [-0.39, 0.29) is 29.4 Å². The van der Waals surface area contributed by atoms with E-state index in [9.17, 15) is 19.1 Å². The normalized spacial score (nSPS) is 25.9. The predicted octanol–water partition coefficient (Wildman–Crippen LogP) is 4.12. The zero-order valence-corrected chi connectivity index (χ0v) is 22.4. The monoisotopic (exact) mass is 564 g/mol. The fourth-order valence-corrected chi connectivity index (χ4v) is 7.62. The molecule has 2 unspecified atom stereocenters. The number of carbonyl (C=O) groups is 2. The number of esters is 1. The molecule has 5 rings (SSSR count). The molecule has 0 aliphatic carbocycles. The summed E-state index contributed by atoms with van der Waals surface area (Å²) in [6.07, 6.45) is 3.43. The Hall–Kier alpha value is -2.47. The van der Waals surface area contributed by atoms with Crippen LogP contribution in [-0.2, 0) is 14.3 Å². The van der Waals surface area contributed by atoms with Crippen molar-refractivity contribution in [2.24, 2.45) is 10.9 Å². The standard InChI is InChI=1S/C25H26ClFN4O4S2/c1-35-25(34)21-19(10-31-15-6-13(8-20(32)33)7-16(31)12-36-11-15)29-23(24-28-4-5-37-24)30-22(21)17-3-2-14(27)9-18(17)26/h2-5,9,13,15-16,22H,6-8,10-12H2,1H3,(H,29,30)(H,32,33)/t13?,15?,16?,22-/m0/s1. The highest BCUT2D eigenvalue weighted by Crippen LogP contribution is 2.40. The lowest BCUT2D eigenvalue weighted by atomic mass is 9.84. The number of rotatable bonds is 7. The molecule has 196 valence electrons. The molecule has 2 fully saturated rings. The number of amidine groups is 1. The Bertz CT molecular complexity index is 1240. The number of carboxylic acid groups (broad SMARTS) is 1. The molecule has 37 heavy (non-hydrogen) atoms. The minimum atomic E-state index is -0.811. The first-order chi connectivity index (χ1) is 17.8. The zero-order valence-electron chi connectivity index (χ0n) is 20.0. The third-order valence-corrected chi connectivity index (χ3v) is 9.34. The topological polar surface area (TPSA) is 104 Å². The van der Waals surface area contributed by atoms with Crippen LogP contribution in [0.3, 0.4) is 0 Å². The van der Waals surface area contributed by atoms with Gasteiger partial charge in [-0.05, 0) is 30.9 Å². The van der Waals surface area contributed by atoms with Gasteiger partial charge in [-0.3, -0.25) is 14.7 Å². The number of hydrogen-bond donors (Lipinski definition) is 2. The van der Waals surface area contributed by atoms with E-state index >= 15 is 0 Å². The second kappa shape index (κ2) is 11.1. The Morgan fingerprint density at radius 2 is 2.05 bits per heavy atom. The van der Waals surface area contributed by atoms with E-state index in [0.717, 1.165) is 24.3 Å². The number of thiazole rings is 1. The summed E-state index contributed by atoms with van der Waals surface area (Å²) in [5.74, 6) is 0.638. The number of carboxylic acids is 1. The van der Waals surface area contributed by atoms with E-state index in [0.29, 0.717) is 34.2 Å². The summed E-state index contributed by atoms with van der Waals surface area (Å²) in [6.45, 7) is 0.430. The van der Waals surface area contributed by atoms with Gasteiger partial charge >= 0.3 is 11.9 Å². The van der Waals surface area contributed by atoms with Gasteiger partial charge in [0.1, 0.15) is 11.9 Å². The molecule has 0 spiro atoms. The number of piperidine rings is 1. The first-order valence-electron chi connectivity index (χ1n) is 11.9. The van der Waals surface area contributed by atoms with Crippen molar-refractivity contribution in [2.45, 2.75) is 37.4 Å². The highest BCUT2D eigenvalue weighted by atomic mass is 35.5. The van der Waals surface area contributed by atoms with Gasteiger partial charge in [0, 0.05) is 64.4 Å². The summed E-state index contributed by atoms with van der Waals surface area (Å²) < 4.78 is 19.1. The molecule has 4 heterocycles. The Balaban J connectivity index is 1.55. The van der Waals surface area contributed by atoms with Gasteiger partial charge in [0.2, 0.25) is 0 Å². The molecule has 2 aromatic rings. The largest absolute Gasteiger partial charge is 0.481 e. The molecule has 8 nitrogen and oxygen atoms in total. The SMILES string of the molecule is COC(=O)C1=C(CN2C3CSCC2CC(CC(=O)O)C3)NC(c2nccs2)=N[C@H]1c1ccc(F)cc1Cl. The average Bonchev–Trinajstić information content (AvgIpc) is 3.38. The maximum atomic E-state index is 13.9. The molecule has 0 amide bonds. The van der Waals surface area contributed by atoms with Crippen molar-refractivity contribution >= 4 is 52.5 Å². The van der Waals surface area contributed by atoms with Crippen LogP contribution in [0.2, 0.25) is 5.02 Å². The molecule has 3 aliphatic heterocycles. The number of halogens is 2. The fourth-order valence-electron chi connectivity index (χ4n) is 5.42. The molecule has 1 aromatic heterocycles. The number of ether oxygens (including phenoxy) is 1. The molecular formula is C25H26ClFN4O4S2. The number of hydrogen-bond acceptors (Lipinski definition) is 9. The molecule has 2 N–H and O–H groups in total. The predicted molar refractivity (Wildman–Crippen MR) is 142 cm³/mol. The van der Waals surface area contributed by atoms with Crippen LogP contribution in [0.4, 0.5) is 4.39 Å². The number of aromatic nitrogens is 1. The number of thioether (sulfide) groups is 1. The first-order valence-corrected chi connectivity index (χ1v) is 14.3. The highest BCUT2D eigenvalue weighted by molar-refractivity contribution is 7.99. The van der Waals surface area contributed by atoms with Crippen LogP contribution in [0.15, 0.2) is 46.0 Å². The van der Waals surface area contributed by atoms with Gasteiger partial charge in [-0.2, -0.15) is 11.8 Å². The molecular weight excluding hydrogens is 539 g/mol. The summed E-state index contributed by atoms with van der Waals surface area (Å²) in [5, 5.41) is 15.3. The molecule has 3 aliphatic rings. The summed E-state index contributed by atoms with van der Waals surface area (Å²) in [5.41, 5.74) is 1.44. The number of aliphatic carboxylic acids is 1. The number of carbonyl (C=O) groups excluding carboxylic acids is 1. The van der Waals surface area contributed by atoms with E-state index in [1.165, 1.54) is 30.6 Å². The Labute approximate surface area is 227 Å². The van der Waals surface area contributed by atoms with Crippen LogP contribution >= 0.6 is 34.7 Å². The molecule has 3 atom stereocenters. The third kappa shape index (κ3) is 5.55. The minimum Gasteiger partial charge on any atom is -0.481 e. The second-order valence-electron chi connectivity index (χ2n) is 9.34. The van der Waals surface area contributed by atoms with Crippen LogP contribution in [-0.4, -0.2) is 70.0 Å². The number of nitrogens with one attached hydrogen (secondary N) is 1. The van der Waals surface area contributed by atoms with Gasteiger partial charge in [0.25, 0.3) is 0 Å².